The number of nitrogens with one attached hydrogen (secondary N) is 1. The van der Waals surface area contributed by atoms with Gasteiger partial charge in [0, 0.05) is 28.4 Å². The van der Waals surface area contributed by atoms with Gasteiger partial charge in [-0.3, -0.25) is 0 Å². The maximum absolute atomic E-state index is 12.2. The Morgan fingerprint density at radius 2 is 1.80 bits per heavy atom. The molecule has 0 atom stereocenters. The number of anilines is 2. The summed E-state index contributed by atoms with van der Waals surface area (Å²) in [5.41, 5.74) is 4.16. The van der Waals surface area contributed by atoms with Crippen LogP contribution in [0.4, 0.5) is 11.5 Å². The molecular weight excluding hydrogens is 396 g/mol. The largest absolute Gasteiger partial charge is 0.462 e. The zero-order valence-corrected chi connectivity index (χ0v) is 17.4. The quantitative estimate of drug-likeness (QED) is 0.419. The third-order valence-corrected chi connectivity index (χ3v) is 5.26. The van der Waals surface area contributed by atoms with E-state index in [1.54, 1.807) is 25.2 Å². The molecule has 2 aromatic carbocycles. The normalized spacial score (nSPS) is 10.6. The number of hydrogen-bond acceptors (Lipinski definition) is 7. The fourth-order valence-electron chi connectivity index (χ4n) is 2.90. The first-order chi connectivity index (χ1) is 14.6. The summed E-state index contributed by atoms with van der Waals surface area (Å²) in [5, 5.41) is 6.23. The molecule has 0 radical (unpaired) electrons. The molecule has 6 nitrogen and oxygen atoms in total. The van der Waals surface area contributed by atoms with E-state index in [0.29, 0.717) is 23.8 Å². The van der Waals surface area contributed by atoms with Gasteiger partial charge < -0.3 is 10.1 Å². The van der Waals surface area contributed by atoms with Crippen LogP contribution in [-0.4, -0.2) is 27.5 Å². The van der Waals surface area contributed by atoms with Crippen molar-refractivity contribution in [2.75, 3.05) is 11.9 Å². The minimum Gasteiger partial charge on any atom is -0.462 e. The Labute approximate surface area is 178 Å². The first-order valence-electron chi connectivity index (χ1n) is 9.53. The molecule has 0 saturated heterocycles. The van der Waals surface area contributed by atoms with Gasteiger partial charge in [0.1, 0.15) is 22.2 Å². The van der Waals surface area contributed by atoms with Crippen molar-refractivity contribution < 1.29 is 9.53 Å². The summed E-state index contributed by atoms with van der Waals surface area (Å²) in [6, 6.07) is 18.0. The van der Waals surface area contributed by atoms with E-state index in [4.69, 9.17) is 9.72 Å². The number of ether oxygens (including phenoxy) is 1. The Balaban J connectivity index is 1.55. The van der Waals surface area contributed by atoms with Crippen molar-refractivity contribution in [3.63, 3.8) is 0 Å². The second-order valence-electron chi connectivity index (χ2n) is 6.51. The predicted octanol–water partition coefficient (Wildman–Crippen LogP) is 5.50. The molecule has 2 aromatic heterocycles. The predicted molar refractivity (Wildman–Crippen MR) is 119 cm³/mol. The van der Waals surface area contributed by atoms with Crippen LogP contribution < -0.4 is 5.32 Å². The van der Waals surface area contributed by atoms with Gasteiger partial charge >= 0.3 is 5.97 Å². The topological polar surface area (TPSA) is 77.0 Å². The van der Waals surface area contributed by atoms with Crippen LogP contribution in [-0.2, 0) is 4.74 Å². The number of esters is 1. The molecule has 4 aromatic rings. The molecule has 0 aliphatic heterocycles. The monoisotopic (exact) mass is 416 g/mol. The highest BCUT2D eigenvalue weighted by Crippen LogP contribution is 2.30. The fraction of sp³-hybridized carbons (Fsp3) is 0.130. The third-order valence-electron chi connectivity index (χ3n) is 4.37. The summed E-state index contributed by atoms with van der Waals surface area (Å²) >= 11 is 1.62. The molecule has 150 valence electrons. The molecular formula is C23H20N4O2S. The van der Waals surface area contributed by atoms with E-state index in [9.17, 15) is 4.79 Å². The van der Waals surface area contributed by atoms with Gasteiger partial charge in [-0.05, 0) is 26.0 Å². The molecule has 4 rings (SSSR count). The van der Waals surface area contributed by atoms with E-state index < -0.39 is 5.97 Å². The van der Waals surface area contributed by atoms with Crippen LogP contribution in [0, 0.1) is 6.92 Å². The number of carbonyl (C=O) groups is 1. The minimum atomic E-state index is -0.451. The van der Waals surface area contributed by atoms with E-state index >= 15 is 0 Å². The van der Waals surface area contributed by atoms with Crippen LogP contribution in [0.1, 0.15) is 23.1 Å². The SMILES string of the molecule is CCOC(=O)c1cnc(C)nc1Nc1ccc(-c2csc(-c3ccccc3)n2)cc1. The van der Waals surface area contributed by atoms with Crippen LogP contribution in [0.15, 0.2) is 66.2 Å². The third kappa shape index (κ3) is 4.36. The molecule has 7 heteroatoms. The van der Waals surface area contributed by atoms with E-state index in [-0.39, 0.29) is 0 Å². The van der Waals surface area contributed by atoms with Crippen molar-refractivity contribution in [3.8, 4) is 21.8 Å². The Morgan fingerprint density at radius 1 is 1.03 bits per heavy atom. The average Bonchev–Trinajstić information content (AvgIpc) is 3.25. The zero-order valence-electron chi connectivity index (χ0n) is 16.6. The summed E-state index contributed by atoms with van der Waals surface area (Å²) in [4.78, 5) is 25.4. The van der Waals surface area contributed by atoms with Crippen LogP contribution in [0.3, 0.4) is 0 Å². The first-order valence-corrected chi connectivity index (χ1v) is 10.4. The molecule has 0 bridgehead atoms. The lowest BCUT2D eigenvalue weighted by molar-refractivity contribution is 0.0526. The van der Waals surface area contributed by atoms with E-state index in [1.165, 1.54) is 6.20 Å². The highest BCUT2D eigenvalue weighted by atomic mass is 32.1. The van der Waals surface area contributed by atoms with Gasteiger partial charge in [-0.2, -0.15) is 0 Å². The van der Waals surface area contributed by atoms with Crippen molar-refractivity contribution in [2.24, 2.45) is 0 Å². The lowest BCUT2D eigenvalue weighted by Gasteiger charge is -2.11. The second kappa shape index (κ2) is 8.84. The highest BCUT2D eigenvalue weighted by molar-refractivity contribution is 7.13. The molecule has 0 saturated carbocycles. The van der Waals surface area contributed by atoms with Gasteiger partial charge in [0.15, 0.2) is 0 Å². The van der Waals surface area contributed by atoms with Gasteiger partial charge in [0.05, 0.1) is 12.3 Å². The lowest BCUT2D eigenvalue weighted by Crippen LogP contribution is -2.11. The van der Waals surface area contributed by atoms with Crippen LogP contribution in [0.5, 0.6) is 0 Å². The summed E-state index contributed by atoms with van der Waals surface area (Å²) in [6.07, 6.45) is 1.48. The van der Waals surface area contributed by atoms with Crippen LogP contribution in [0.25, 0.3) is 21.8 Å². The molecule has 1 N–H and O–H groups in total. The van der Waals surface area contributed by atoms with Gasteiger partial charge in [0.25, 0.3) is 0 Å². The van der Waals surface area contributed by atoms with Crippen molar-refractivity contribution in [1.29, 1.82) is 0 Å². The number of carbonyl (C=O) groups excluding carboxylic acids is 1. The van der Waals surface area contributed by atoms with Crippen molar-refractivity contribution in [2.45, 2.75) is 13.8 Å². The smallest absolute Gasteiger partial charge is 0.343 e. The average molecular weight is 417 g/mol. The van der Waals surface area contributed by atoms with E-state index in [1.807, 2.05) is 42.5 Å². The minimum absolute atomic E-state index is 0.291. The molecule has 2 heterocycles. The number of aromatic nitrogens is 3. The Kier molecular flexibility index (Phi) is 5.81. The van der Waals surface area contributed by atoms with Crippen LogP contribution >= 0.6 is 11.3 Å². The van der Waals surface area contributed by atoms with Gasteiger partial charge in [0.2, 0.25) is 0 Å². The van der Waals surface area contributed by atoms with Crippen molar-refractivity contribution in [1.82, 2.24) is 15.0 Å². The maximum atomic E-state index is 12.2. The number of hydrogen-bond donors (Lipinski definition) is 1. The first kappa shape index (κ1) is 19.7. The summed E-state index contributed by atoms with van der Waals surface area (Å²) in [5.74, 6) is 0.541. The number of thiazole rings is 1. The summed E-state index contributed by atoms with van der Waals surface area (Å²) in [7, 11) is 0. The van der Waals surface area contributed by atoms with E-state index in [2.05, 4.69) is 32.8 Å². The number of nitrogens with zero attached hydrogens (tertiary/aromatic N) is 3. The standard InChI is InChI=1S/C23H20N4O2S/c1-3-29-23(28)19-13-24-15(2)25-21(19)26-18-11-9-16(10-12-18)20-14-30-22(27-20)17-7-5-4-6-8-17/h4-14H,3H2,1-2H3,(H,24,25,26). The van der Waals surface area contributed by atoms with Crippen LogP contribution in [0.2, 0.25) is 0 Å². The fourth-order valence-corrected chi connectivity index (χ4v) is 3.74. The van der Waals surface area contributed by atoms with Crippen molar-refractivity contribution in [3.05, 3.63) is 77.6 Å². The lowest BCUT2D eigenvalue weighted by atomic mass is 10.1. The molecule has 30 heavy (non-hydrogen) atoms. The molecule has 0 fully saturated rings. The Bertz CT molecular complexity index is 1160. The number of rotatable bonds is 6. The number of aryl methyl sites for hydroxylation is 1. The molecule has 0 unspecified atom stereocenters. The highest BCUT2D eigenvalue weighted by Gasteiger charge is 2.15. The van der Waals surface area contributed by atoms with Gasteiger partial charge in [-0.25, -0.2) is 19.7 Å². The summed E-state index contributed by atoms with van der Waals surface area (Å²) in [6.45, 7) is 3.83. The molecule has 0 amide bonds. The van der Waals surface area contributed by atoms with Gasteiger partial charge in [-0.15, -0.1) is 11.3 Å². The molecule has 0 aliphatic rings. The number of benzene rings is 2. The summed E-state index contributed by atoms with van der Waals surface area (Å²) < 4.78 is 5.10. The maximum Gasteiger partial charge on any atom is 0.343 e. The molecule has 0 spiro atoms. The zero-order chi connectivity index (χ0) is 20.9. The van der Waals surface area contributed by atoms with Gasteiger partial charge in [-0.1, -0.05) is 42.5 Å². The Hall–Kier alpha value is -3.58. The second-order valence-corrected chi connectivity index (χ2v) is 7.36. The molecule has 0 aliphatic carbocycles. The van der Waals surface area contributed by atoms with E-state index in [0.717, 1.165) is 27.5 Å². The van der Waals surface area contributed by atoms with Crippen molar-refractivity contribution >= 4 is 28.8 Å². The Morgan fingerprint density at radius 3 is 2.53 bits per heavy atom.